The quantitative estimate of drug-likeness (QED) is 0.817. The molecule has 1 aromatic heterocycles. The topological polar surface area (TPSA) is 66.9 Å². The third-order valence-electron chi connectivity index (χ3n) is 3.03. The Morgan fingerprint density at radius 1 is 1.38 bits per heavy atom. The summed E-state index contributed by atoms with van der Waals surface area (Å²) in [5.74, 6) is 0.00887. The van der Waals surface area contributed by atoms with Gasteiger partial charge < -0.3 is 10.6 Å². The number of nitrogens with one attached hydrogen (secondary N) is 2. The van der Waals surface area contributed by atoms with Crippen molar-refractivity contribution in [3.05, 3.63) is 23.8 Å². The molecule has 0 saturated carbocycles. The van der Waals surface area contributed by atoms with Crippen LogP contribution in [0.15, 0.2) is 31.8 Å². The van der Waals surface area contributed by atoms with Gasteiger partial charge >= 0.3 is 0 Å². The van der Waals surface area contributed by atoms with Crippen LogP contribution in [0.5, 0.6) is 0 Å². The van der Waals surface area contributed by atoms with Crippen molar-refractivity contribution in [1.29, 1.82) is 0 Å². The van der Waals surface area contributed by atoms with Crippen molar-refractivity contribution in [3.63, 3.8) is 0 Å². The molecule has 110 valence electrons. The zero-order chi connectivity index (χ0) is 14.8. The molecule has 2 heterocycles. The van der Waals surface area contributed by atoms with Gasteiger partial charge in [-0.3, -0.25) is 4.79 Å². The van der Waals surface area contributed by atoms with E-state index < -0.39 is 0 Å². The van der Waals surface area contributed by atoms with Crippen LogP contribution in [0.1, 0.15) is 18.5 Å². The van der Waals surface area contributed by atoms with E-state index in [0.717, 1.165) is 31.4 Å². The summed E-state index contributed by atoms with van der Waals surface area (Å²) < 4.78 is 1.87. The average Bonchev–Trinajstić information content (AvgIpc) is 3.04. The first kappa shape index (κ1) is 14.8. The number of benzene rings is 1. The highest BCUT2D eigenvalue weighted by molar-refractivity contribution is 8.03. The van der Waals surface area contributed by atoms with E-state index in [1.54, 1.807) is 34.9 Å². The van der Waals surface area contributed by atoms with E-state index in [2.05, 4.69) is 20.8 Å². The largest absolute Gasteiger partial charge is 0.324 e. The number of hydrogen-bond donors (Lipinski definition) is 2. The number of anilines is 1. The predicted molar refractivity (Wildman–Crippen MR) is 87.3 cm³/mol. The molecule has 1 atom stereocenters. The molecule has 0 fully saturated rings. The number of carbonyl (C=O) groups excluding carboxylic acids is 1. The van der Waals surface area contributed by atoms with Crippen molar-refractivity contribution in [2.24, 2.45) is 0 Å². The van der Waals surface area contributed by atoms with Crippen LogP contribution in [0, 0.1) is 0 Å². The van der Waals surface area contributed by atoms with E-state index in [1.807, 2.05) is 31.4 Å². The van der Waals surface area contributed by atoms with E-state index >= 15 is 0 Å². The second kappa shape index (κ2) is 6.35. The van der Waals surface area contributed by atoms with E-state index in [4.69, 9.17) is 0 Å². The molecule has 3 rings (SSSR count). The van der Waals surface area contributed by atoms with Crippen LogP contribution < -0.4 is 10.6 Å². The second-order valence-corrected chi connectivity index (χ2v) is 7.72. The number of aromatic nitrogens is 2. The van der Waals surface area contributed by atoms with Gasteiger partial charge in [-0.25, -0.2) is 0 Å². The molecule has 0 bridgehead atoms. The standard InChI is InChI=1S/C13H14N4OS3/c1-3-14-10-8-5-4-7(6-9(8)15-11(10)18)20-13-17-16-12(19-2)21-13/h4-6,10,14H,3H2,1-2H3,(H,15,18). The molecule has 1 amide bonds. The molecule has 8 heteroatoms. The molecule has 21 heavy (non-hydrogen) atoms. The third-order valence-corrected chi connectivity index (χ3v) is 5.97. The van der Waals surface area contributed by atoms with Gasteiger partial charge in [0.15, 0.2) is 8.68 Å². The van der Waals surface area contributed by atoms with Gasteiger partial charge in [0, 0.05) is 16.1 Å². The third kappa shape index (κ3) is 3.08. The molecule has 1 aliphatic heterocycles. The van der Waals surface area contributed by atoms with E-state index in [9.17, 15) is 4.79 Å². The van der Waals surface area contributed by atoms with Gasteiger partial charge in [-0.2, -0.15) is 0 Å². The van der Waals surface area contributed by atoms with Crippen molar-refractivity contribution in [1.82, 2.24) is 15.5 Å². The average molecular weight is 338 g/mol. The lowest BCUT2D eigenvalue weighted by molar-refractivity contribution is -0.117. The summed E-state index contributed by atoms with van der Waals surface area (Å²) in [6, 6.07) is 5.77. The van der Waals surface area contributed by atoms with Gasteiger partial charge in [0.2, 0.25) is 5.91 Å². The number of likely N-dealkylation sites (N-methyl/N-ethyl adjacent to an activating group) is 1. The summed E-state index contributed by atoms with van der Waals surface area (Å²) in [7, 11) is 0. The SMILES string of the molecule is CCNC1C(=O)Nc2cc(Sc3nnc(SC)s3)ccc21. The molecular formula is C13H14N4OS3. The van der Waals surface area contributed by atoms with Crippen molar-refractivity contribution < 1.29 is 4.79 Å². The second-order valence-electron chi connectivity index (χ2n) is 4.37. The molecule has 5 nitrogen and oxygen atoms in total. The number of thioether (sulfide) groups is 1. The van der Waals surface area contributed by atoms with Gasteiger partial charge in [0.25, 0.3) is 0 Å². The highest BCUT2D eigenvalue weighted by Crippen LogP contribution is 2.38. The van der Waals surface area contributed by atoms with Gasteiger partial charge in [-0.05, 0) is 24.9 Å². The number of hydrogen-bond acceptors (Lipinski definition) is 7. The van der Waals surface area contributed by atoms with Gasteiger partial charge in [-0.15, -0.1) is 10.2 Å². The first-order valence-corrected chi connectivity index (χ1v) is 9.30. The Labute approximate surface area is 135 Å². The van der Waals surface area contributed by atoms with Crippen LogP contribution in [0.25, 0.3) is 0 Å². The summed E-state index contributed by atoms with van der Waals surface area (Å²) >= 11 is 4.73. The Kier molecular flexibility index (Phi) is 4.48. The normalized spacial score (nSPS) is 16.9. The molecule has 0 aliphatic carbocycles. The van der Waals surface area contributed by atoms with Crippen LogP contribution in [-0.4, -0.2) is 28.9 Å². The van der Waals surface area contributed by atoms with Crippen molar-refractivity contribution in [3.8, 4) is 0 Å². The molecule has 0 spiro atoms. The molecule has 2 aromatic rings. The van der Waals surface area contributed by atoms with Crippen LogP contribution in [0.4, 0.5) is 5.69 Å². The predicted octanol–water partition coefficient (Wildman–Crippen LogP) is 3.01. The van der Waals surface area contributed by atoms with Crippen LogP contribution in [-0.2, 0) is 4.79 Å². The summed E-state index contributed by atoms with van der Waals surface area (Å²) in [6.45, 7) is 2.75. The summed E-state index contributed by atoms with van der Waals surface area (Å²) in [5.41, 5.74) is 1.89. The Morgan fingerprint density at radius 3 is 2.90 bits per heavy atom. The fraction of sp³-hybridized carbons (Fsp3) is 0.308. The fourth-order valence-electron chi connectivity index (χ4n) is 2.13. The zero-order valence-corrected chi connectivity index (χ0v) is 14.0. The van der Waals surface area contributed by atoms with E-state index in [0.29, 0.717) is 0 Å². The van der Waals surface area contributed by atoms with Crippen molar-refractivity contribution in [2.45, 2.75) is 26.5 Å². The van der Waals surface area contributed by atoms with E-state index in [-0.39, 0.29) is 11.9 Å². The number of nitrogens with zero attached hydrogens (tertiary/aromatic N) is 2. The number of carbonyl (C=O) groups is 1. The highest BCUT2D eigenvalue weighted by atomic mass is 32.2. The van der Waals surface area contributed by atoms with Crippen molar-refractivity contribution >= 4 is 46.5 Å². The Hall–Kier alpha value is -1.09. The maximum absolute atomic E-state index is 11.9. The zero-order valence-electron chi connectivity index (χ0n) is 11.5. The minimum atomic E-state index is -0.242. The van der Waals surface area contributed by atoms with Gasteiger partial charge in [-0.1, -0.05) is 47.9 Å². The number of amides is 1. The smallest absolute Gasteiger partial charge is 0.246 e. The van der Waals surface area contributed by atoms with E-state index in [1.165, 1.54) is 0 Å². The van der Waals surface area contributed by atoms with Gasteiger partial charge in [0.1, 0.15) is 6.04 Å². The lowest BCUT2D eigenvalue weighted by Crippen LogP contribution is -2.27. The monoisotopic (exact) mass is 338 g/mol. The van der Waals surface area contributed by atoms with Crippen LogP contribution in [0.2, 0.25) is 0 Å². The first-order valence-electron chi connectivity index (χ1n) is 6.44. The Bertz CT molecular complexity index is 673. The fourth-order valence-corrected chi connectivity index (χ4v) is 4.59. The van der Waals surface area contributed by atoms with Crippen LogP contribution >= 0.6 is 34.9 Å². The molecule has 1 aromatic carbocycles. The minimum absolute atomic E-state index is 0.00887. The molecule has 1 aliphatic rings. The number of rotatable bonds is 5. The van der Waals surface area contributed by atoms with Crippen LogP contribution in [0.3, 0.4) is 0 Å². The summed E-state index contributed by atoms with van der Waals surface area (Å²) in [6.07, 6.45) is 1.99. The summed E-state index contributed by atoms with van der Waals surface area (Å²) in [5, 5.41) is 14.3. The lowest BCUT2D eigenvalue weighted by Gasteiger charge is -2.09. The minimum Gasteiger partial charge on any atom is -0.324 e. The number of fused-ring (bicyclic) bond motifs is 1. The maximum atomic E-state index is 11.9. The highest BCUT2D eigenvalue weighted by Gasteiger charge is 2.29. The maximum Gasteiger partial charge on any atom is 0.246 e. The molecule has 0 saturated heterocycles. The Morgan fingerprint density at radius 2 is 2.19 bits per heavy atom. The molecule has 1 unspecified atom stereocenters. The molecule has 0 radical (unpaired) electrons. The van der Waals surface area contributed by atoms with Crippen molar-refractivity contribution in [2.75, 3.05) is 18.1 Å². The Balaban J connectivity index is 1.81. The molecular weight excluding hydrogens is 324 g/mol. The lowest BCUT2D eigenvalue weighted by atomic mass is 10.1. The summed E-state index contributed by atoms with van der Waals surface area (Å²) in [4.78, 5) is 13.0. The van der Waals surface area contributed by atoms with Gasteiger partial charge in [0.05, 0.1) is 0 Å². The first-order chi connectivity index (χ1) is 10.2. The molecule has 2 N–H and O–H groups in total.